The molecule has 1 fully saturated rings. The summed E-state index contributed by atoms with van der Waals surface area (Å²) in [6.45, 7) is 2.01. The smallest absolute Gasteiger partial charge is 0.233 e. The average Bonchev–Trinajstić information content (AvgIpc) is 2.21. The summed E-state index contributed by atoms with van der Waals surface area (Å²) < 4.78 is 5.62. The highest BCUT2D eigenvalue weighted by Crippen LogP contribution is 2.10. The number of piperidine rings is 1. The lowest BCUT2D eigenvalue weighted by molar-refractivity contribution is 0.159. The lowest BCUT2D eigenvalue weighted by Gasteiger charge is -2.22. The maximum atomic E-state index is 5.62. The zero-order chi connectivity index (χ0) is 8.93. The van der Waals surface area contributed by atoms with Gasteiger partial charge in [-0.2, -0.15) is 5.10 Å². The van der Waals surface area contributed by atoms with E-state index >= 15 is 0 Å². The lowest BCUT2D eigenvalue weighted by Crippen LogP contribution is -2.37. The molecule has 5 heteroatoms. The SMILES string of the molecule is Cl.c1cnnc(OC2CCCNC2)c1. The van der Waals surface area contributed by atoms with Crippen LogP contribution in [0.15, 0.2) is 18.3 Å². The summed E-state index contributed by atoms with van der Waals surface area (Å²) in [6, 6.07) is 3.67. The number of aromatic nitrogens is 2. The largest absolute Gasteiger partial charge is 0.472 e. The monoisotopic (exact) mass is 215 g/mol. The topological polar surface area (TPSA) is 47.0 Å². The van der Waals surface area contributed by atoms with E-state index in [1.54, 1.807) is 6.20 Å². The summed E-state index contributed by atoms with van der Waals surface area (Å²) in [5, 5.41) is 10.9. The van der Waals surface area contributed by atoms with Crippen LogP contribution in [0.3, 0.4) is 0 Å². The number of rotatable bonds is 2. The molecule has 1 aromatic heterocycles. The van der Waals surface area contributed by atoms with Crippen molar-refractivity contribution in [3.05, 3.63) is 18.3 Å². The predicted molar refractivity (Wildman–Crippen MR) is 55.8 cm³/mol. The Morgan fingerprint density at radius 1 is 1.50 bits per heavy atom. The number of nitrogens with one attached hydrogen (secondary N) is 1. The third kappa shape index (κ3) is 3.12. The lowest BCUT2D eigenvalue weighted by atomic mass is 10.1. The minimum Gasteiger partial charge on any atom is -0.472 e. The fourth-order valence-electron chi connectivity index (χ4n) is 1.44. The minimum atomic E-state index is 0. The maximum absolute atomic E-state index is 5.62. The Morgan fingerprint density at radius 2 is 2.43 bits per heavy atom. The minimum absolute atomic E-state index is 0. The Kier molecular flexibility index (Phi) is 4.62. The fraction of sp³-hybridized carbons (Fsp3) is 0.556. The van der Waals surface area contributed by atoms with Crippen molar-refractivity contribution < 1.29 is 4.74 Å². The van der Waals surface area contributed by atoms with Crippen LogP contribution in [0.5, 0.6) is 5.88 Å². The molecule has 1 aliphatic rings. The van der Waals surface area contributed by atoms with E-state index in [0.29, 0.717) is 5.88 Å². The van der Waals surface area contributed by atoms with Crippen molar-refractivity contribution in [2.75, 3.05) is 13.1 Å². The summed E-state index contributed by atoms with van der Waals surface area (Å²) >= 11 is 0. The number of halogens is 1. The van der Waals surface area contributed by atoms with Gasteiger partial charge in [-0.3, -0.25) is 0 Å². The molecule has 1 atom stereocenters. The van der Waals surface area contributed by atoms with Gasteiger partial charge in [0, 0.05) is 18.8 Å². The van der Waals surface area contributed by atoms with Gasteiger partial charge in [0.05, 0.1) is 0 Å². The van der Waals surface area contributed by atoms with Gasteiger partial charge in [0.1, 0.15) is 6.10 Å². The fourth-order valence-corrected chi connectivity index (χ4v) is 1.44. The quantitative estimate of drug-likeness (QED) is 0.801. The zero-order valence-electron chi connectivity index (χ0n) is 7.85. The molecule has 0 bridgehead atoms. The third-order valence-corrected chi connectivity index (χ3v) is 2.09. The first-order valence-electron chi connectivity index (χ1n) is 4.60. The van der Waals surface area contributed by atoms with E-state index in [4.69, 9.17) is 4.74 Å². The molecule has 0 spiro atoms. The summed E-state index contributed by atoms with van der Waals surface area (Å²) in [5.41, 5.74) is 0. The van der Waals surface area contributed by atoms with Crippen LogP contribution < -0.4 is 10.1 Å². The summed E-state index contributed by atoms with van der Waals surface area (Å²) in [5.74, 6) is 0.621. The maximum Gasteiger partial charge on any atom is 0.233 e. The molecule has 14 heavy (non-hydrogen) atoms. The molecular formula is C9H14ClN3O. The van der Waals surface area contributed by atoms with Crippen molar-refractivity contribution in [3.8, 4) is 5.88 Å². The predicted octanol–water partition coefficient (Wildman–Crippen LogP) is 1.03. The normalized spacial score (nSPS) is 21.0. The van der Waals surface area contributed by atoms with Crippen LogP contribution in [-0.4, -0.2) is 29.4 Å². The van der Waals surface area contributed by atoms with E-state index in [0.717, 1.165) is 19.5 Å². The van der Waals surface area contributed by atoms with Gasteiger partial charge < -0.3 is 10.1 Å². The third-order valence-electron chi connectivity index (χ3n) is 2.09. The van der Waals surface area contributed by atoms with Crippen LogP contribution in [0.4, 0.5) is 0 Å². The second-order valence-corrected chi connectivity index (χ2v) is 3.15. The van der Waals surface area contributed by atoms with E-state index in [-0.39, 0.29) is 18.5 Å². The Hall–Kier alpha value is -0.870. The van der Waals surface area contributed by atoms with Gasteiger partial charge >= 0.3 is 0 Å². The molecule has 2 heterocycles. The van der Waals surface area contributed by atoms with E-state index in [1.165, 1.54) is 6.42 Å². The zero-order valence-corrected chi connectivity index (χ0v) is 8.67. The first-order chi connectivity index (χ1) is 6.45. The van der Waals surface area contributed by atoms with Gasteiger partial charge in [0.25, 0.3) is 0 Å². The summed E-state index contributed by atoms with van der Waals surface area (Å²) in [4.78, 5) is 0. The second-order valence-electron chi connectivity index (χ2n) is 3.15. The summed E-state index contributed by atoms with van der Waals surface area (Å²) in [7, 11) is 0. The summed E-state index contributed by atoms with van der Waals surface area (Å²) in [6.07, 6.45) is 4.17. The van der Waals surface area contributed by atoms with Crippen molar-refractivity contribution in [2.24, 2.45) is 0 Å². The molecule has 0 radical (unpaired) electrons. The molecule has 4 nitrogen and oxygen atoms in total. The van der Waals surface area contributed by atoms with Crippen LogP contribution in [0.1, 0.15) is 12.8 Å². The molecule has 1 unspecified atom stereocenters. The molecule has 0 saturated carbocycles. The second kappa shape index (κ2) is 5.78. The highest BCUT2D eigenvalue weighted by atomic mass is 35.5. The Bertz CT molecular complexity index is 251. The van der Waals surface area contributed by atoms with Crippen LogP contribution in [-0.2, 0) is 0 Å². The van der Waals surface area contributed by atoms with E-state index in [1.807, 2.05) is 12.1 Å². The molecule has 1 aromatic rings. The van der Waals surface area contributed by atoms with Gasteiger partial charge in [-0.05, 0) is 25.5 Å². The van der Waals surface area contributed by atoms with Crippen molar-refractivity contribution in [2.45, 2.75) is 18.9 Å². The Morgan fingerprint density at radius 3 is 3.07 bits per heavy atom. The Balaban J connectivity index is 0.000000980. The van der Waals surface area contributed by atoms with Gasteiger partial charge in [-0.15, -0.1) is 17.5 Å². The number of hydrogen-bond acceptors (Lipinski definition) is 4. The molecule has 78 valence electrons. The van der Waals surface area contributed by atoms with Gasteiger partial charge in [0.2, 0.25) is 5.88 Å². The van der Waals surface area contributed by atoms with Gasteiger partial charge in [-0.25, -0.2) is 0 Å². The van der Waals surface area contributed by atoms with E-state index in [9.17, 15) is 0 Å². The van der Waals surface area contributed by atoms with Crippen molar-refractivity contribution in [3.63, 3.8) is 0 Å². The van der Waals surface area contributed by atoms with Crippen LogP contribution >= 0.6 is 12.4 Å². The van der Waals surface area contributed by atoms with Gasteiger partial charge in [0.15, 0.2) is 0 Å². The molecule has 0 amide bonds. The van der Waals surface area contributed by atoms with E-state index in [2.05, 4.69) is 15.5 Å². The number of hydrogen-bond donors (Lipinski definition) is 1. The van der Waals surface area contributed by atoms with Crippen LogP contribution in [0, 0.1) is 0 Å². The van der Waals surface area contributed by atoms with Crippen molar-refractivity contribution in [1.29, 1.82) is 0 Å². The van der Waals surface area contributed by atoms with E-state index < -0.39 is 0 Å². The molecule has 0 aromatic carbocycles. The van der Waals surface area contributed by atoms with Crippen molar-refractivity contribution >= 4 is 12.4 Å². The number of nitrogens with zero attached hydrogens (tertiary/aromatic N) is 2. The molecule has 1 N–H and O–H groups in total. The highest BCUT2D eigenvalue weighted by molar-refractivity contribution is 5.85. The standard InChI is InChI=1S/C9H13N3O.ClH/c1-3-8(7-10-5-1)13-9-4-2-6-11-12-9;/h2,4,6,8,10H,1,3,5,7H2;1H. The van der Waals surface area contributed by atoms with Crippen LogP contribution in [0.2, 0.25) is 0 Å². The molecule has 0 aliphatic carbocycles. The average molecular weight is 216 g/mol. The van der Waals surface area contributed by atoms with Crippen molar-refractivity contribution in [1.82, 2.24) is 15.5 Å². The van der Waals surface area contributed by atoms with Gasteiger partial charge in [-0.1, -0.05) is 0 Å². The molecule has 1 aliphatic heterocycles. The highest BCUT2D eigenvalue weighted by Gasteiger charge is 2.14. The number of ether oxygens (including phenoxy) is 1. The molecule has 2 rings (SSSR count). The molecular weight excluding hydrogens is 202 g/mol. The first-order valence-corrected chi connectivity index (χ1v) is 4.60. The Labute approximate surface area is 89.5 Å². The first kappa shape index (κ1) is 11.2. The molecule has 1 saturated heterocycles. The van der Waals surface area contributed by atoms with Crippen LogP contribution in [0.25, 0.3) is 0 Å².